The standard InChI is InChI=1S/C39H72O5.Na/c1-3-5-7-9-11-13-15-17-19-21-23-25-27-29-31-33-38(41)43-36-37(35-40)44-39(42)34-32-30-28-26-24-22-20-18-16-14-12-10-8-6-4-2;/h17-20,37,40H,3-16,21-36H2,1-2H3;/b19-17-,20-18-;. The van der Waals surface area contributed by atoms with E-state index in [9.17, 15) is 14.7 Å². The number of aliphatic hydroxyl groups is 1. The van der Waals surface area contributed by atoms with Crippen molar-refractivity contribution >= 4 is 41.5 Å². The first-order valence-electron chi connectivity index (χ1n) is 18.9. The van der Waals surface area contributed by atoms with Crippen molar-refractivity contribution in [3.63, 3.8) is 0 Å². The van der Waals surface area contributed by atoms with Crippen LogP contribution in [0.1, 0.15) is 194 Å². The number of rotatable bonds is 34. The van der Waals surface area contributed by atoms with Gasteiger partial charge in [-0.15, -0.1) is 0 Å². The molecule has 0 aromatic heterocycles. The molecule has 45 heavy (non-hydrogen) atoms. The second-order valence-electron chi connectivity index (χ2n) is 12.6. The van der Waals surface area contributed by atoms with E-state index < -0.39 is 6.10 Å². The van der Waals surface area contributed by atoms with Gasteiger partial charge in [0.1, 0.15) is 6.61 Å². The summed E-state index contributed by atoms with van der Waals surface area (Å²) < 4.78 is 10.6. The molecule has 0 aliphatic carbocycles. The molecule has 0 rings (SSSR count). The Labute approximate surface area is 301 Å². The Balaban J connectivity index is 0. The van der Waals surface area contributed by atoms with Gasteiger partial charge < -0.3 is 14.6 Å². The van der Waals surface area contributed by atoms with Gasteiger partial charge in [-0.1, -0.05) is 141 Å². The molecule has 1 atom stereocenters. The van der Waals surface area contributed by atoms with E-state index in [2.05, 4.69) is 38.2 Å². The van der Waals surface area contributed by atoms with Gasteiger partial charge in [0.15, 0.2) is 6.10 Å². The number of unbranched alkanes of at least 4 members (excludes halogenated alkanes) is 22. The van der Waals surface area contributed by atoms with Crippen molar-refractivity contribution in [1.29, 1.82) is 0 Å². The first kappa shape index (κ1) is 46.5. The second kappa shape index (κ2) is 39.6. The number of hydrogen-bond donors (Lipinski definition) is 1. The number of carbonyl (C=O) groups excluding carboxylic acids is 2. The van der Waals surface area contributed by atoms with Crippen molar-refractivity contribution in [2.75, 3.05) is 13.2 Å². The molecule has 0 spiro atoms. The van der Waals surface area contributed by atoms with Crippen molar-refractivity contribution in [3.05, 3.63) is 24.3 Å². The van der Waals surface area contributed by atoms with Crippen LogP contribution in [0.5, 0.6) is 0 Å². The molecular weight excluding hydrogens is 571 g/mol. The van der Waals surface area contributed by atoms with Crippen LogP contribution in [0, 0.1) is 0 Å². The molecule has 0 fully saturated rings. The van der Waals surface area contributed by atoms with Crippen molar-refractivity contribution < 1.29 is 24.2 Å². The minimum Gasteiger partial charge on any atom is -0.462 e. The minimum atomic E-state index is -0.774. The van der Waals surface area contributed by atoms with Crippen LogP contribution in [0.15, 0.2) is 24.3 Å². The van der Waals surface area contributed by atoms with Crippen LogP contribution in [-0.4, -0.2) is 65.9 Å². The Kier molecular flexibility index (Phi) is 40.9. The van der Waals surface area contributed by atoms with E-state index in [0.29, 0.717) is 12.8 Å². The maximum atomic E-state index is 12.1. The fourth-order valence-corrected chi connectivity index (χ4v) is 5.31. The fraction of sp³-hybridized carbons (Fsp3) is 0.846. The molecule has 0 aliphatic rings. The van der Waals surface area contributed by atoms with E-state index in [1.54, 1.807) is 0 Å². The molecule has 0 aliphatic heterocycles. The maximum Gasteiger partial charge on any atom is 0.306 e. The molecule has 0 aromatic carbocycles. The zero-order valence-electron chi connectivity index (χ0n) is 30.2. The summed E-state index contributed by atoms with van der Waals surface area (Å²) in [6, 6.07) is 0. The summed E-state index contributed by atoms with van der Waals surface area (Å²) in [6.45, 7) is 4.11. The van der Waals surface area contributed by atoms with Gasteiger partial charge in [0.25, 0.3) is 0 Å². The molecule has 0 bridgehead atoms. The topological polar surface area (TPSA) is 72.8 Å². The predicted molar refractivity (Wildman–Crippen MR) is 193 cm³/mol. The zero-order chi connectivity index (χ0) is 32.2. The first-order valence-corrected chi connectivity index (χ1v) is 18.9. The molecule has 0 saturated heterocycles. The summed E-state index contributed by atoms with van der Waals surface area (Å²) in [5.41, 5.74) is 0. The average molecular weight is 644 g/mol. The number of carbonyl (C=O) groups is 2. The SMILES string of the molecule is CCCCCCCC/C=C\CCCCCCCC(=O)OCC(CO)OC(=O)CCCCCCC/C=C\CCCCCCCC.[Na]. The second-order valence-corrected chi connectivity index (χ2v) is 12.6. The van der Waals surface area contributed by atoms with Gasteiger partial charge >= 0.3 is 11.9 Å². The van der Waals surface area contributed by atoms with E-state index in [0.717, 1.165) is 51.4 Å². The molecule has 1 N–H and O–H groups in total. The molecule has 5 nitrogen and oxygen atoms in total. The van der Waals surface area contributed by atoms with Gasteiger partial charge in [0, 0.05) is 42.4 Å². The van der Waals surface area contributed by atoms with Gasteiger partial charge in [-0.2, -0.15) is 0 Å². The third kappa shape index (κ3) is 37.7. The summed E-state index contributed by atoms with van der Waals surface area (Å²) in [5, 5.41) is 9.53. The van der Waals surface area contributed by atoms with E-state index in [1.807, 2.05) is 0 Å². The van der Waals surface area contributed by atoms with Crippen molar-refractivity contribution in [3.8, 4) is 0 Å². The molecule has 0 heterocycles. The van der Waals surface area contributed by atoms with Gasteiger partial charge in [-0.25, -0.2) is 0 Å². The van der Waals surface area contributed by atoms with Crippen molar-refractivity contribution in [1.82, 2.24) is 0 Å². The number of allylic oxidation sites excluding steroid dienone is 4. The monoisotopic (exact) mass is 644 g/mol. The summed E-state index contributed by atoms with van der Waals surface area (Å²) >= 11 is 0. The Morgan fingerprint density at radius 2 is 0.844 bits per heavy atom. The van der Waals surface area contributed by atoms with Crippen LogP contribution >= 0.6 is 0 Å². The third-order valence-corrected chi connectivity index (χ3v) is 8.22. The Morgan fingerprint density at radius 3 is 1.22 bits per heavy atom. The van der Waals surface area contributed by atoms with E-state index in [-0.39, 0.29) is 54.7 Å². The number of esters is 2. The Hall–Kier alpha value is -0.620. The average Bonchev–Trinajstić information content (AvgIpc) is 3.02. The summed E-state index contributed by atoms with van der Waals surface area (Å²) in [7, 11) is 0. The minimum absolute atomic E-state index is 0. The maximum absolute atomic E-state index is 12.1. The summed E-state index contributed by atoms with van der Waals surface area (Å²) in [5.74, 6) is -0.607. The van der Waals surface area contributed by atoms with Crippen LogP contribution in [0.25, 0.3) is 0 Å². The van der Waals surface area contributed by atoms with Gasteiger partial charge in [0.2, 0.25) is 0 Å². The van der Waals surface area contributed by atoms with Crippen LogP contribution in [0.2, 0.25) is 0 Å². The van der Waals surface area contributed by atoms with Crippen LogP contribution < -0.4 is 0 Å². The Bertz CT molecular complexity index is 678. The molecule has 0 saturated carbocycles. The molecule has 259 valence electrons. The summed E-state index contributed by atoms with van der Waals surface area (Å²) in [6.07, 6.45) is 40.9. The van der Waals surface area contributed by atoms with E-state index in [4.69, 9.17) is 9.47 Å². The number of ether oxygens (including phenoxy) is 2. The molecule has 1 radical (unpaired) electrons. The summed E-state index contributed by atoms with van der Waals surface area (Å²) in [4.78, 5) is 24.2. The van der Waals surface area contributed by atoms with Crippen molar-refractivity contribution in [2.24, 2.45) is 0 Å². The number of aliphatic hydroxyl groups excluding tert-OH is 1. The molecule has 0 aromatic rings. The van der Waals surface area contributed by atoms with E-state index in [1.165, 1.54) is 116 Å². The van der Waals surface area contributed by atoms with E-state index >= 15 is 0 Å². The molecular formula is C39H72NaO5. The quantitative estimate of drug-likeness (QED) is 0.0327. The zero-order valence-corrected chi connectivity index (χ0v) is 32.2. The van der Waals surface area contributed by atoms with Gasteiger partial charge in [0.05, 0.1) is 6.61 Å². The van der Waals surface area contributed by atoms with Crippen LogP contribution in [-0.2, 0) is 19.1 Å². The number of hydrogen-bond acceptors (Lipinski definition) is 5. The first-order chi connectivity index (χ1) is 21.6. The fourth-order valence-electron chi connectivity index (χ4n) is 5.31. The molecule has 0 amide bonds. The van der Waals surface area contributed by atoms with Gasteiger partial charge in [-0.3, -0.25) is 9.59 Å². The predicted octanol–water partition coefficient (Wildman–Crippen LogP) is 11.1. The third-order valence-electron chi connectivity index (χ3n) is 8.22. The Morgan fingerprint density at radius 1 is 0.511 bits per heavy atom. The van der Waals surface area contributed by atoms with Crippen molar-refractivity contribution in [2.45, 2.75) is 200 Å². The van der Waals surface area contributed by atoms with Gasteiger partial charge in [-0.05, 0) is 64.2 Å². The smallest absolute Gasteiger partial charge is 0.306 e. The van der Waals surface area contributed by atoms with Crippen LogP contribution in [0.4, 0.5) is 0 Å². The van der Waals surface area contributed by atoms with Crippen LogP contribution in [0.3, 0.4) is 0 Å². The molecule has 6 heteroatoms. The normalized spacial score (nSPS) is 12.1. The molecule has 1 unspecified atom stereocenters. The largest absolute Gasteiger partial charge is 0.462 e.